The number of aromatic amines is 1. The highest BCUT2D eigenvalue weighted by molar-refractivity contribution is 5.96. The van der Waals surface area contributed by atoms with Crippen LogP contribution < -0.4 is 5.32 Å². The Balaban J connectivity index is 1.55. The molecule has 6 heterocycles. The maximum atomic E-state index is 13.9. The van der Waals surface area contributed by atoms with Gasteiger partial charge < -0.3 is 15.2 Å². The summed E-state index contributed by atoms with van der Waals surface area (Å²) in [5, 5.41) is 12.6. The maximum absolute atomic E-state index is 13.9. The number of pyridine rings is 1. The Morgan fingerprint density at radius 3 is 2.67 bits per heavy atom. The van der Waals surface area contributed by atoms with E-state index in [2.05, 4.69) is 20.4 Å². The van der Waals surface area contributed by atoms with Gasteiger partial charge in [0.1, 0.15) is 5.65 Å². The second-order valence-corrected chi connectivity index (χ2v) is 9.43. The number of nitrogens with one attached hydrogen (secondary N) is 2. The molecule has 188 valence electrons. The van der Waals surface area contributed by atoms with Crippen molar-refractivity contribution in [3.8, 4) is 22.3 Å². The average Bonchev–Trinajstić information content (AvgIpc) is 3.58. The summed E-state index contributed by atoms with van der Waals surface area (Å²) in [4.78, 5) is 21.9. The fourth-order valence-corrected chi connectivity index (χ4v) is 5.07. The lowest BCUT2D eigenvalue weighted by Crippen LogP contribution is -2.30. The number of alkyl halides is 3. The van der Waals surface area contributed by atoms with Crippen molar-refractivity contribution in [2.24, 2.45) is 0 Å². The van der Waals surface area contributed by atoms with Gasteiger partial charge in [0.15, 0.2) is 5.69 Å². The summed E-state index contributed by atoms with van der Waals surface area (Å²) in [7, 11) is 1.68. The first-order valence-corrected chi connectivity index (χ1v) is 11.9. The predicted octanol–water partition coefficient (Wildman–Crippen LogP) is 3.60. The van der Waals surface area contributed by atoms with Crippen LogP contribution in [0, 0.1) is 0 Å². The molecule has 9 nitrogen and oxygen atoms in total. The first kappa shape index (κ1) is 22.8. The molecule has 0 atom stereocenters. The van der Waals surface area contributed by atoms with E-state index in [4.69, 9.17) is 5.10 Å². The summed E-state index contributed by atoms with van der Waals surface area (Å²) < 4.78 is 44.9. The van der Waals surface area contributed by atoms with Gasteiger partial charge in [-0.05, 0) is 32.0 Å². The lowest BCUT2D eigenvalue weighted by molar-refractivity contribution is -0.141. The molecule has 36 heavy (non-hydrogen) atoms. The molecule has 12 heteroatoms. The van der Waals surface area contributed by atoms with Gasteiger partial charge in [0.25, 0.3) is 0 Å². The second kappa shape index (κ2) is 8.47. The van der Waals surface area contributed by atoms with Crippen LogP contribution in [-0.4, -0.2) is 60.5 Å². The van der Waals surface area contributed by atoms with Gasteiger partial charge in [0.2, 0.25) is 5.91 Å². The number of carbonyl (C=O) groups is 1. The number of aromatic nitrogens is 6. The average molecular weight is 499 g/mol. The zero-order chi connectivity index (χ0) is 25.0. The van der Waals surface area contributed by atoms with Crippen molar-refractivity contribution in [3.63, 3.8) is 0 Å². The number of rotatable bonds is 1. The second-order valence-electron chi connectivity index (χ2n) is 9.43. The van der Waals surface area contributed by atoms with E-state index in [0.717, 1.165) is 42.8 Å². The van der Waals surface area contributed by atoms with Crippen LogP contribution in [0.5, 0.6) is 0 Å². The molecule has 0 aromatic carbocycles. The Kier molecular flexibility index (Phi) is 5.36. The number of halogens is 3. The highest BCUT2D eigenvalue weighted by Gasteiger charge is 2.38. The van der Waals surface area contributed by atoms with Gasteiger partial charge in [0, 0.05) is 72.4 Å². The fraction of sp³-hybridized carbons (Fsp3) is 0.417. The Morgan fingerprint density at radius 2 is 1.89 bits per heavy atom. The SMILES string of the molecule is CN1Cc2nn(C3CCNCC3)cc2-c2cnc3[nH]cc(c3c2)-c2cn(nc2C(F)(F)F)CCC1=O. The van der Waals surface area contributed by atoms with Crippen LogP contribution >= 0.6 is 0 Å². The van der Waals surface area contributed by atoms with Gasteiger partial charge in [-0.15, -0.1) is 0 Å². The van der Waals surface area contributed by atoms with E-state index < -0.39 is 11.9 Å². The van der Waals surface area contributed by atoms with E-state index in [-0.39, 0.29) is 37.0 Å². The van der Waals surface area contributed by atoms with Crippen LogP contribution in [0.15, 0.2) is 30.9 Å². The van der Waals surface area contributed by atoms with E-state index >= 15 is 0 Å². The molecule has 6 rings (SSSR count). The van der Waals surface area contributed by atoms with Crippen molar-refractivity contribution in [2.75, 3.05) is 20.1 Å². The Labute approximate surface area is 204 Å². The summed E-state index contributed by atoms with van der Waals surface area (Å²) in [5.74, 6) is -0.198. The fourth-order valence-electron chi connectivity index (χ4n) is 5.07. The van der Waals surface area contributed by atoms with E-state index in [9.17, 15) is 18.0 Å². The highest BCUT2D eigenvalue weighted by atomic mass is 19.4. The number of hydrogen-bond acceptors (Lipinski definition) is 5. The summed E-state index contributed by atoms with van der Waals surface area (Å²) in [6.07, 6.45) is 3.82. The summed E-state index contributed by atoms with van der Waals surface area (Å²) in [5.41, 5.74) is 2.11. The third-order valence-corrected chi connectivity index (χ3v) is 7.02. The molecular formula is C24H25F3N8O. The van der Waals surface area contributed by atoms with Gasteiger partial charge in [-0.25, -0.2) is 4.98 Å². The minimum absolute atomic E-state index is 0.0225. The molecule has 2 N–H and O–H groups in total. The molecule has 0 spiro atoms. The summed E-state index contributed by atoms with van der Waals surface area (Å²) in [6, 6.07) is 2.08. The monoisotopic (exact) mass is 498 g/mol. The van der Waals surface area contributed by atoms with E-state index in [0.29, 0.717) is 16.6 Å². The van der Waals surface area contributed by atoms with Crippen molar-refractivity contribution < 1.29 is 18.0 Å². The van der Waals surface area contributed by atoms with Crippen molar-refractivity contribution >= 4 is 16.9 Å². The molecule has 1 fully saturated rings. The van der Waals surface area contributed by atoms with Crippen LogP contribution in [0.2, 0.25) is 0 Å². The lowest BCUT2D eigenvalue weighted by Gasteiger charge is -2.23. The van der Waals surface area contributed by atoms with Crippen LogP contribution in [0.3, 0.4) is 0 Å². The molecule has 1 amide bonds. The van der Waals surface area contributed by atoms with Crippen LogP contribution in [0.25, 0.3) is 33.3 Å². The molecule has 2 aliphatic rings. The molecule has 0 aliphatic carbocycles. The Bertz CT molecular complexity index is 1440. The predicted molar refractivity (Wildman–Crippen MR) is 126 cm³/mol. The van der Waals surface area contributed by atoms with Crippen LogP contribution in [-0.2, 0) is 24.1 Å². The lowest BCUT2D eigenvalue weighted by atomic mass is 10.0. The first-order chi connectivity index (χ1) is 17.3. The molecule has 0 unspecified atom stereocenters. The number of aryl methyl sites for hydroxylation is 1. The van der Waals surface area contributed by atoms with Gasteiger partial charge in [-0.3, -0.25) is 14.2 Å². The summed E-state index contributed by atoms with van der Waals surface area (Å²) >= 11 is 0. The number of carbonyl (C=O) groups excluding carboxylic acids is 1. The standard InChI is InChI=1S/C24H25F3N8O/c1-33-13-20-18(12-35(31-20)15-2-5-28-6-3-15)14-8-16-17(10-30-23(16)29-9-14)19-11-34(7-4-21(33)36)32-22(19)24(25,26)27/h8-12,15,28H,2-7,13H2,1H3,(H,29,30). The number of nitrogens with zero attached hydrogens (tertiary/aromatic N) is 6. The third kappa shape index (κ3) is 3.94. The van der Waals surface area contributed by atoms with Crippen LogP contribution in [0.1, 0.15) is 36.7 Å². The zero-order valence-corrected chi connectivity index (χ0v) is 19.6. The molecule has 0 radical (unpaired) electrons. The van der Waals surface area contributed by atoms with E-state index in [1.165, 1.54) is 17.1 Å². The van der Waals surface area contributed by atoms with Crippen LogP contribution in [0.4, 0.5) is 13.2 Å². The molecule has 0 saturated carbocycles. The number of H-pyrrole nitrogens is 1. The smallest absolute Gasteiger partial charge is 0.346 e. The number of piperidine rings is 1. The molecule has 2 aliphatic heterocycles. The third-order valence-electron chi connectivity index (χ3n) is 7.02. The van der Waals surface area contributed by atoms with Crippen molar-refractivity contribution in [1.29, 1.82) is 0 Å². The van der Waals surface area contributed by atoms with Crippen molar-refractivity contribution in [1.82, 2.24) is 39.7 Å². The van der Waals surface area contributed by atoms with Crippen molar-refractivity contribution in [2.45, 2.75) is 44.6 Å². The molecule has 4 aromatic rings. The number of amides is 1. The maximum Gasteiger partial charge on any atom is 0.435 e. The molecular weight excluding hydrogens is 473 g/mol. The summed E-state index contributed by atoms with van der Waals surface area (Å²) in [6.45, 7) is 2.13. The Hall–Kier alpha value is -3.67. The van der Waals surface area contributed by atoms with E-state index in [1.54, 1.807) is 18.1 Å². The molecule has 1 saturated heterocycles. The van der Waals surface area contributed by atoms with Gasteiger partial charge in [0.05, 0.1) is 18.3 Å². The number of fused-ring (bicyclic) bond motifs is 6. The molecule has 4 bridgehead atoms. The molecule has 4 aromatic heterocycles. The largest absolute Gasteiger partial charge is 0.435 e. The quantitative estimate of drug-likeness (QED) is 0.418. The highest BCUT2D eigenvalue weighted by Crippen LogP contribution is 2.40. The minimum Gasteiger partial charge on any atom is -0.346 e. The van der Waals surface area contributed by atoms with Gasteiger partial charge in [-0.1, -0.05) is 0 Å². The first-order valence-electron chi connectivity index (χ1n) is 11.9. The zero-order valence-electron chi connectivity index (χ0n) is 19.6. The normalized spacial score (nSPS) is 17.6. The van der Waals surface area contributed by atoms with Gasteiger partial charge >= 0.3 is 6.18 Å². The van der Waals surface area contributed by atoms with Crippen molar-refractivity contribution in [3.05, 3.63) is 42.2 Å². The van der Waals surface area contributed by atoms with E-state index in [1.807, 2.05) is 16.9 Å². The minimum atomic E-state index is -4.65. The Morgan fingerprint density at radius 1 is 1.08 bits per heavy atom. The number of hydrogen-bond donors (Lipinski definition) is 2. The van der Waals surface area contributed by atoms with Gasteiger partial charge in [-0.2, -0.15) is 23.4 Å². The topological polar surface area (TPSA) is 96.7 Å².